The average Bonchev–Trinajstić information content (AvgIpc) is 3.84. The Kier molecular flexibility index (Phi) is 9.43. The second kappa shape index (κ2) is 13.2. The Morgan fingerprint density at radius 3 is 2.26 bits per heavy atom. The molecule has 3 aromatic rings. The number of aliphatic imine (C=N–C) groups is 1. The molecule has 4 heterocycles. The number of pyridine rings is 1. The summed E-state index contributed by atoms with van der Waals surface area (Å²) < 4.78 is 45.1. The van der Waals surface area contributed by atoms with Crippen LogP contribution in [0.15, 0.2) is 35.5 Å². The van der Waals surface area contributed by atoms with Crippen molar-refractivity contribution in [1.82, 2.24) is 14.5 Å². The van der Waals surface area contributed by atoms with Crippen LogP contribution in [-0.2, 0) is 13.0 Å². The number of piperidine rings is 1. The van der Waals surface area contributed by atoms with Gasteiger partial charge in [-0.1, -0.05) is 27.7 Å². The minimum absolute atomic E-state index is 0.0443. The van der Waals surface area contributed by atoms with Crippen LogP contribution in [0.4, 0.5) is 24.5 Å². The molecule has 1 saturated carbocycles. The van der Waals surface area contributed by atoms with E-state index in [1.54, 1.807) is 4.57 Å². The number of anilines is 2. The highest BCUT2D eigenvalue weighted by Gasteiger charge is 2.35. The van der Waals surface area contributed by atoms with E-state index in [9.17, 15) is 13.2 Å². The van der Waals surface area contributed by atoms with Crippen LogP contribution in [0.2, 0.25) is 0 Å². The van der Waals surface area contributed by atoms with Gasteiger partial charge in [0.15, 0.2) is 0 Å². The highest BCUT2D eigenvalue weighted by Crippen LogP contribution is 2.44. The molecule has 0 spiro atoms. The molecule has 0 unspecified atom stereocenters. The van der Waals surface area contributed by atoms with E-state index in [0.717, 1.165) is 98.2 Å². The van der Waals surface area contributed by atoms with Gasteiger partial charge in [0.25, 0.3) is 0 Å². The van der Waals surface area contributed by atoms with E-state index in [0.29, 0.717) is 24.2 Å². The van der Waals surface area contributed by atoms with Crippen molar-refractivity contribution in [2.24, 2.45) is 10.4 Å². The Hall–Kier alpha value is -3.07. The largest absolute Gasteiger partial charge is 0.406 e. The maximum atomic E-state index is 14.5. The molecule has 6 nitrogen and oxygen atoms in total. The molecule has 6 rings (SSSR count). The number of rotatable bonds is 11. The summed E-state index contributed by atoms with van der Waals surface area (Å²) >= 11 is 0. The zero-order valence-electron chi connectivity index (χ0n) is 28.2. The molecule has 0 bridgehead atoms. The van der Waals surface area contributed by atoms with Gasteiger partial charge in [-0.05, 0) is 92.8 Å². The third kappa shape index (κ3) is 7.24. The molecule has 0 atom stereocenters. The van der Waals surface area contributed by atoms with Crippen molar-refractivity contribution in [3.63, 3.8) is 0 Å². The smallest absolute Gasteiger partial charge is 0.372 e. The standard InChI is InChI=1S/C37H51F3N6/c1-26(2)34-31(22-29(24-42-34)45-19-17-44(18-20-45)27-9-10-27)35-32(23-36(3,4)13-14-41-5)30-21-28(43-15-7-6-8-16-43)11-12-33(30)46(35)25-37(38,39)40/h11-12,21-22,24,26-27H,5-10,13-20,23,25H2,1-4H3. The SMILES string of the molecule is C=NCCC(C)(C)Cc1c(-c2cc(N3CCN(C4CC4)CC3)cnc2C(C)C)n(CC(F)(F)F)c2ccc(N3CCCCC3)cc12. The normalized spacial score (nSPS) is 18.6. The van der Waals surface area contributed by atoms with E-state index in [4.69, 9.17) is 4.98 Å². The molecular weight excluding hydrogens is 585 g/mol. The quantitative estimate of drug-likeness (QED) is 0.199. The monoisotopic (exact) mass is 636 g/mol. The minimum Gasteiger partial charge on any atom is -0.372 e. The lowest BCUT2D eigenvalue weighted by molar-refractivity contribution is -0.139. The van der Waals surface area contributed by atoms with Gasteiger partial charge < -0.3 is 19.4 Å². The molecule has 0 amide bonds. The predicted octanol–water partition coefficient (Wildman–Crippen LogP) is 8.32. The number of benzene rings is 1. The number of alkyl halides is 3. The summed E-state index contributed by atoms with van der Waals surface area (Å²) in [5.74, 6) is 0.0443. The highest BCUT2D eigenvalue weighted by molar-refractivity contribution is 5.95. The first kappa shape index (κ1) is 32.9. The number of fused-ring (bicyclic) bond motifs is 1. The van der Waals surface area contributed by atoms with Crippen LogP contribution >= 0.6 is 0 Å². The Balaban J connectivity index is 1.54. The maximum absolute atomic E-state index is 14.5. The number of piperazine rings is 1. The summed E-state index contributed by atoms with van der Waals surface area (Å²) in [6.45, 7) is 17.6. The van der Waals surface area contributed by atoms with Crippen LogP contribution in [0.3, 0.4) is 0 Å². The van der Waals surface area contributed by atoms with Crippen molar-refractivity contribution in [1.29, 1.82) is 0 Å². The molecule has 3 aliphatic rings. The molecule has 46 heavy (non-hydrogen) atoms. The molecule has 250 valence electrons. The summed E-state index contributed by atoms with van der Waals surface area (Å²) in [6.07, 6.45) is 5.07. The Labute approximate surface area is 272 Å². The zero-order valence-corrected chi connectivity index (χ0v) is 28.2. The molecule has 2 aromatic heterocycles. The first-order chi connectivity index (χ1) is 21.9. The average molecular weight is 637 g/mol. The lowest BCUT2D eigenvalue weighted by Crippen LogP contribution is -2.47. The third-order valence-electron chi connectivity index (χ3n) is 10.3. The van der Waals surface area contributed by atoms with E-state index in [2.05, 4.69) is 66.2 Å². The molecule has 9 heteroatoms. The fraction of sp³-hybridized carbons (Fsp3) is 0.622. The predicted molar refractivity (Wildman–Crippen MR) is 185 cm³/mol. The van der Waals surface area contributed by atoms with Gasteiger partial charge in [0.2, 0.25) is 0 Å². The molecule has 2 aliphatic heterocycles. The van der Waals surface area contributed by atoms with E-state index in [1.807, 2.05) is 18.3 Å². The van der Waals surface area contributed by atoms with Crippen LogP contribution in [0.1, 0.15) is 83.4 Å². The summed E-state index contributed by atoms with van der Waals surface area (Å²) in [6, 6.07) is 8.99. The van der Waals surface area contributed by atoms with Crippen LogP contribution in [0.5, 0.6) is 0 Å². The van der Waals surface area contributed by atoms with Crippen molar-refractivity contribution in [3.05, 3.63) is 41.7 Å². The van der Waals surface area contributed by atoms with Gasteiger partial charge in [-0.15, -0.1) is 0 Å². The third-order valence-corrected chi connectivity index (χ3v) is 10.3. The van der Waals surface area contributed by atoms with Crippen molar-refractivity contribution >= 4 is 29.0 Å². The van der Waals surface area contributed by atoms with Gasteiger partial charge in [-0.25, -0.2) is 0 Å². The lowest BCUT2D eigenvalue weighted by Gasteiger charge is -2.36. The first-order valence-electron chi connectivity index (χ1n) is 17.3. The number of hydrogen-bond donors (Lipinski definition) is 0. The molecular formula is C37H51F3N6. The first-order valence-corrected chi connectivity index (χ1v) is 17.3. The van der Waals surface area contributed by atoms with Crippen molar-refractivity contribution < 1.29 is 13.2 Å². The maximum Gasteiger partial charge on any atom is 0.406 e. The van der Waals surface area contributed by atoms with Gasteiger partial charge in [0, 0.05) is 74.0 Å². The number of hydrogen-bond acceptors (Lipinski definition) is 5. The van der Waals surface area contributed by atoms with Crippen LogP contribution in [-0.4, -0.2) is 79.2 Å². The van der Waals surface area contributed by atoms with Crippen molar-refractivity contribution in [3.8, 4) is 11.3 Å². The number of halogens is 3. The Morgan fingerprint density at radius 2 is 1.63 bits per heavy atom. The summed E-state index contributed by atoms with van der Waals surface area (Å²) in [7, 11) is 0. The summed E-state index contributed by atoms with van der Waals surface area (Å²) in [5, 5.41) is 0.917. The fourth-order valence-electron chi connectivity index (χ4n) is 7.61. The van der Waals surface area contributed by atoms with E-state index in [1.165, 1.54) is 19.3 Å². The highest BCUT2D eigenvalue weighted by atomic mass is 19.4. The van der Waals surface area contributed by atoms with E-state index >= 15 is 0 Å². The van der Waals surface area contributed by atoms with Crippen molar-refractivity contribution in [2.75, 3.05) is 55.6 Å². The second-order valence-electron chi connectivity index (χ2n) is 14.9. The fourth-order valence-corrected chi connectivity index (χ4v) is 7.61. The Bertz CT molecular complexity index is 1520. The second-order valence-corrected chi connectivity index (χ2v) is 14.9. The molecule has 0 radical (unpaired) electrons. The molecule has 3 fully saturated rings. The van der Waals surface area contributed by atoms with Gasteiger partial charge in [-0.3, -0.25) is 9.88 Å². The lowest BCUT2D eigenvalue weighted by atomic mass is 9.81. The molecule has 0 N–H and O–H groups in total. The number of aromatic nitrogens is 2. The molecule has 2 saturated heterocycles. The van der Waals surface area contributed by atoms with Gasteiger partial charge in [0.1, 0.15) is 6.54 Å². The van der Waals surface area contributed by atoms with Crippen LogP contribution in [0.25, 0.3) is 22.2 Å². The van der Waals surface area contributed by atoms with Gasteiger partial charge >= 0.3 is 6.18 Å². The Morgan fingerprint density at radius 1 is 0.935 bits per heavy atom. The molecule has 1 aliphatic carbocycles. The van der Waals surface area contributed by atoms with Gasteiger partial charge in [0.05, 0.1) is 23.3 Å². The number of nitrogens with zero attached hydrogens (tertiary/aromatic N) is 6. The topological polar surface area (TPSA) is 39.9 Å². The summed E-state index contributed by atoms with van der Waals surface area (Å²) in [4.78, 5) is 16.5. The van der Waals surface area contributed by atoms with E-state index in [-0.39, 0.29) is 11.3 Å². The van der Waals surface area contributed by atoms with Crippen LogP contribution < -0.4 is 9.80 Å². The zero-order chi connectivity index (χ0) is 32.6. The van der Waals surface area contributed by atoms with Crippen molar-refractivity contribution in [2.45, 2.75) is 97.3 Å². The van der Waals surface area contributed by atoms with Gasteiger partial charge in [-0.2, -0.15) is 13.2 Å². The minimum atomic E-state index is -4.38. The summed E-state index contributed by atoms with van der Waals surface area (Å²) in [5.41, 5.74) is 5.84. The van der Waals surface area contributed by atoms with Crippen LogP contribution in [0, 0.1) is 5.41 Å². The molecule has 1 aromatic carbocycles. The van der Waals surface area contributed by atoms with E-state index < -0.39 is 12.7 Å².